The summed E-state index contributed by atoms with van der Waals surface area (Å²) in [7, 11) is 0. The number of hydrogen-bond donors (Lipinski definition) is 0. The van der Waals surface area contributed by atoms with Crippen molar-refractivity contribution in [1.29, 1.82) is 0 Å². The van der Waals surface area contributed by atoms with Gasteiger partial charge in [0.1, 0.15) is 11.5 Å². The van der Waals surface area contributed by atoms with Gasteiger partial charge in [-0.05, 0) is 45.7 Å². The number of carbonyl (C=O) groups is 1. The molecular formula is C26H32N4O3. The molecule has 0 N–H and O–H groups in total. The molecule has 0 radical (unpaired) electrons. The highest BCUT2D eigenvalue weighted by molar-refractivity contribution is 5.78. The van der Waals surface area contributed by atoms with E-state index in [1.54, 1.807) is 10.9 Å². The summed E-state index contributed by atoms with van der Waals surface area (Å²) in [6, 6.07) is 10.0. The molecule has 1 aliphatic rings. The Labute approximate surface area is 195 Å². The zero-order chi connectivity index (χ0) is 23.4. The Bertz CT molecular complexity index is 1130. The summed E-state index contributed by atoms with van der Waals surface area (Å²) in [5.41, 5.74) is 4.41. The van der Waals surface area contributed by atoms with Crippen LogP contribution in [0.1, 0.15) is 42.3 Å². The molecule has 0 spiro atoms. The number of aromatic nitrogens is 3. The van der Waals surface area contributed by atoms with Gasteiger partial charge in [0.15, 0.2) is 0 Å². The van der Waals surface area contributed by atoms with Crippen molar-refractivity contribution < 1.29 is 14.1 Å². The van der Waals surface area contributed by atoms with Crippen LogP contribution in [0, 0.1) is 19.3 Å². The minimum atomic E-state index is -0.668. The molecule has 0 bridgehead atoms. The van der Waals surface area contributed by atoms with Gasteiger partial charge in [0.05, 0.1) is 17.7 Å². The monoisotopic (exact) mass is 448 g/mol. The van der Waals surface area contributed by atoms with Crippen LogP contribution < -0.4 is 0 Å². The molecule has 1 aliphatic heterocycles. The molecule has 4 rings (SSSR count). The Kier molecular flexibility index (Phi) is 6.79. The lowest BCUT2D eigenvalue weighted by Crippen LogP contribution is -2.49. The third-order valence-corrected chi connectivity index (χ3v) is 6.46. The molecule has 3 aromatic rings. The second-order valence-electron chi connectivity index (χ2n) is 8.89. The minimum absolute atomic E-state index is 0.165. The average Bonchev–Trinajstić information content (AvgIpc) is 3.40. The van der Waals surface area contributed by atoms with E-state index in [0.29, 0.717) is 25.3 Å². The van der Waals surface area contributed by atoms with Crippen molar-refractivity contribution in [2.24, 2.45) is 5.41 Å². The zero-order valence-corrected chi connectivity index (χ0v) is 19.7. The van der Waals surface area contributed by atoms with E-state index in [-0.39, 0.29) is 5.97 Å². The normalized spacial score (nSPS) is 18.9. The van der Waals surface area contributed by atoms with Crippen molar-refractivity contribution in [2.45, 2.75) is 46.6 Å². The van der Waals surface area contributed by atoms with E-state index in [9.17, 15) is 4.79 Å². The molecule has 1 fully saturated rings. The van der Waals surface area contributed by atoms with E-state index in [1.807, 2.05) is 44.3 Å². The lowest BCUT2D eigenvalue weighted by molar-refractivity contribution is -0.159. The van der Waals surface area contributed by atoms with Gasteiger partial charge in [0.2, 0.25) is 0 Å². The third-order valence-electron chi connectivity index (χ3n) is 6.46. The van der Waals surface area contributed by atoms with Crippen molar-refractivity contribution in [3.05, 3.63) is 65.7 Å². The minimum Gasteiger partial charge on any atom is -0.466 e. The molecule has 1 atom stereocenters. The predicted molar refractivity (Wildman–Crippen MR) is 127 cm³/mol. The first-order valence-corrected chi connectivity index (χ1v) is 11.5. The summed E-state index contributed by atoms with van der Waals surface area (Å²) in [5, 5.41) is 8.76. The molecule has 7 nitrogen and oxygen atoms in total. The number of rotatable bonds is 8. The van der Waals surface area contributed by atoms with E-state index in [0.717, 1.165) is 54.0 Å². The fourth-order valence-corrected chi connectivity index (χ4v) is 4.76. The molecule has 3 heterocycles. The van der Waals surface area contributed by atoms with Crippen molar-refractivity contribution in [1.82, 2.24) is 19.8 Å². The van der Waals surface area contributed by atoms with Crippen molar-refractivity contribution in [2.75, 3.05) is 19.7 Å². The van der Waals surface area contributed by atoms with Crippen LogP contribution in [0.4, 0.5) is 0 Å². The van der Waals surface area contributed by atoms with Crippen LogP contribution in [0.25, 0.3) is 17.5 Å². The molecule has 0 saturated carbocycles. The van der Waals surface area contributed by atoms with Crippen molar-refractivity contribution in [3.63, 3.8) is 0 Å². The van der Waals surface area contributed by atoms with Crippen molar-refractivity contribution in [3.8, 4) is 11.3 Å². The van der Waals surface area contributed by atoms with Gasteiger partial charge >= 0.3 is 5.97 Å². The van der Waals surface area contributed by atoms with Gasteiger partial charge in [-0.25, -0.2) is 4.68 Å². The zero-order valence-electron chi connectivity index (χ0n) is 19.7. The Hall–Kier alpha value is -3.19. The summed E-state index contributed by atoms with van der Waals surface area (Å²) in [5.74, 6) is 0.542. The predicted octanol–water partition coefficient (Wildman–Crippen LogP) is 4.64. The van der Waals surface area contributed by atoms with Gasteiger partial charge in [-0.2, -0.15) is 5.10 Å². The number of esters is 1. The molecule has 2 aromatic heterocycles. The Balaban J connectivity index is 1.57. The second-order valence-corrected chi connectivity index (χ2v) is 8.89. The van der Waals surface area contributed by atoms with Crippen LogP contribution in [0.3, 0.4) is 0 Å². The molecule has 0 amide bonds. The van der Waals surface area contributed by atoms with Crippen LogP contribution in [0.15, 0.2) is 47.6 Å². The van der Waals surface area contributed by atoms with Gasteiger partial charge < -0.3 is 9.26 Å². The average molecular weight is 449 g/mol. The van der Waals surface area contributed by atoms with Crippen LogP contribution in [0.5, 0.6) is 0 Å². The molecule has 7 heteroatoms. The van der Waals surface area contributed by atoms with E-state index in [4.69, 9.17) is 9.26 Å². The molecule has 0 aliphatic carbocycles. The Morgan fingerprint density at radius 3 is 2.88 bits per heavy atom. The number of piperidine rings is 1. The molecular weight excluding hydrogens is 416 g/mol. The smallest absolute Gasteiger partial charge is 0.313 e. The first kappa shape index (κ1) is 23.0. The fraction of sp³-hybridized carbons (Fsp3) is 0.423. The highest BCUT2D eigenvalue weighted by Gasteiger charge is 2.44. The van der Waals surface area contributed by atoms with E-state index in [2.05, 4.69) is 34.7 Å². The fourth-order valence-electron chi connectivity index (χ4n) is 4.76. The van der Waals surface area contributed by atoms with Gasteiger partial charge in [-0.15, -0.1) is 0 Å². The van der Waals surface area contributed by atoms with Crippen LogP contribution >= 0.6 is 0 Å². The van der Waals surface area contributed by atoms with E-state index >= 15 is 0 Å². The highest BCUT2D eigenvalue weighted by atomic mass is 16.5. The topological polar surface area (TPSA) is 73.4 Å². The van der Waals surface area contributed by atoms with Crippen molar-refractivity contribution >= 4 is 12.2 Å². The van der Waals surface area contributed by atoms with Gasteiger partial charge in [0.25, 0.3) is 0 Å². The van der Waals surface area contributed by atoms with E-state index in [1.165, 1.54) is 0 Å². The first-order valence-electron chi connectivity index (χ1n) is 11.5. The Morgan fingerprint density at radius 2 is 2.15 bits per heavy atom. The molecule has 1 unspecified atom stereocenters. The molecule has 33 heavy (non-hydrogen) atoms. The van der Waals surface area contributed by atoms with Gasteiger partial charge in [-0.1, -0.05) is 36.0 Å². The number of nitrogens with zero attached hydrogens (tertiary/aromatic N) is 4. The maximum atomic E-state index is 13.2. The first-order chi connectivity index (χ1) is 15.9. The van der Waals surface area contributed by atoms with Gasteiger partial charge in [0, 0.05) is 49.1 Å². The quantitative estimate of drug-likeness (QED) is 0.467. The molecule has 1 saturated heterocycles. The molecule has 174 valence electrons. The van der Waals surface area contributed by atoms with Crippen LogP contribution in [0.2, 0.25) is 0 Å². The number of ether oxygens (including phenoxy) is 1. The lowest BCUT2D eigenvalue weighted by Gasteiger charge is -2.40. The summed E-state index contributed by atoms with van der Waals surface area (Å²) in [6.45, 7) is 12.3. The summed E-state index contributed by atoms with van der Waals surface area (Å²) in [4.78, 5) is 15.5. The maximum Gasteiger partial charge on any atom is 0.313 e. The van der Waals surface area contributed by atoms with Crippen LogP contribution in [-0.4, -0.2) is 45.5 Å². The maximum absolute atomic E-state index is 13.2. The molecule has 1 aromatic carbocycles. The summed E-state index contributed by atoms with van der Waals surface area (Å²) in [6.07, 6.45) is 5.81. The van der Waals surface area contributed by atoms with Gasteiger partial charge in [-0.3, -0.25) is 9.69 Å². The van der Waals surface area contributed by atoms with E-state index < -0.39 is 5.41 Å². The summed E-state index contributed by atoms with van der Waals surface area (Å²) < 4.78 is 13.0. The number of benzene rings is 1. The lowest BCUT2D eigenvalue weighted by atomic mass is 9.76. The second kappa shape index (κ2) is 9.75. The third kappa shape index (κ3) is 4.93. The summed E-state index contributed by atoms with van der Waals surface area (Å²) >= 11 is 0. The largest absolute Gasteiger partial charge is 0.466 e. The highest BCUT2D eigenvalue weighted by Crippen LogP contribution is 2.37. The number of carbonyl (C=O) groups excluding carboxylic acids is 1. The SMILES string of the molecule is C=Cn1cc(CN2CCCC(Cc3cc(-c4ccccc4C)no3)(C(=O)OCC)C2)c(C)n1. The Morgan fingerprint density at radius 1 is 1.33 bits per heavy atom. The number of aryl methyl sites for hydroxylation is 2. The number of hydrogen-bond acceptors (Lipinski definition) is 6. The standard InChI is InChI=1S/C26H32N4O3/c1-5-30-17-21(20(4)27-30)16-29-13-9-12-26(18-29,25(31)32-6-2)15-22-14-24(28-33-22)23-11-8-7-10-19(23)3/h5,7-8,10-11,14,17H,1,6,9,12-13,15-16,18H2,2-4H3. The van der Waals surface area contributed by atoms with Crippen LogP contribution in [-0.2, 0) is 22.5 Å². The number of likely N-dealkylation sites (tertiary alicyclic amines) is 1.